The van der Waals surface area contributed by atoms with Crippen molar-refractivity contribution in [3.8, 4) is 0 Å². The second kappa shape index (κ2) is 7.14. The number of morpholine rings is 1. The molecular formula is C17H19N4O5S+. The number of H-pyrrole nitrogens is 1. The van der Waals surface area contributed by atoms with Crippen LogP contribution >= 0.6 is 11.3 Å². The van der Waals surface area contributed by atoms with E-state index < -0.39 is 17.0 Å². The summed E-state index contributed by atoms with van der Waals surface area (Å²) in [6.45, 7) is 4.25. The molecule has 1 fully saturated rings. The third kappa shape index (κ3) is 3.22. The molecule has 10 heteroatoms. The summed E-state index contributed by atoms with van der Waals surface area (Å²) in [5.41, 5.74) is 5.08. The lowest BCUT2D eigenvalue weighted by molar-refractivity contribution is -0.908. The molecule has 0 aliphatic carbocycles. The summed E-state index contributed by atoms with van der Waals surface area (Å²) in [4.78, 5) is 41.5. The number of hydrogen-bond donors (Lipinski definition) is 3. The number of furan rings is 1. The maximum absolute atomic E-state index is 12.6. The minimum atomic E-state index is -0.586. The van der Waals surface area contributed by atoms with Gasteiger partial charge in [-0.2, -0.15) is 0 Å². The third-order valence-corrected chi connectivity index (χ3v) is 5.93. The molecule has 4 rings (SSSR count). The number of carbonyl (C=O) groups is 1. The second-order valence-electron chi connectivity index (χ2n) is 6.35. The predicted octanol–water partition coefficient (Wildman–Crippen LogP) is -0.927. The molecule has 0 radical (unpaired) electrons. The average Bonchev–Trinajstić information content (AvgIpc) is 3.30. The molecule has 0 unspecified atom stereocenters. The number of aromatic nitrogens is 2. The van der Waals surface area contributed by atoms with Crippen LogP contribution in [0.25, 0.3) is 10.2 Å². The van der Waals surface area contributed by atoms with E-state index in [-0.39, 0.29) is 21.7 Å². The van der Waals surface area contributed by atoms with Crippen LogP contribution < -0.4 is 21.9 Å². The van der Waals surface area contributed by atoms with E-state index in [0.717, 1.165) is 24.4 Å². The van der Waals surface area contributed by atoms with Crippen molar-refractivity contribution in [2.45, 2.75) is 6.54 Å². The highest BCUT2D eigenvalue weighted by Crippen LogP contribution is 2.32. The number of ether oxygens (including phenoxy) is 1. The van der Waals surface area contributed by atoms with E-state index >= 15 is 0 Å². The van der Waals surface area contributed by atoms with Crippen LogP contribution in [0.1, 0.15) is 15.4 Å². The highest BCUT2D eigenvalue weighted by molar-refractivity contribution is 7.21. The van der Waals surface area contributed by atoms with Crippen LogP contribution in [0.5, 0.6) is 0 Å². The van der Waals surface area contributed by atoms with Gasteiger partial charge < -0.3 is 19.8 Å². The van der Waals surface area contributed by atoms with Crippen molar-refractivity contribution < 1.29 is 18.8 Å². The van der Waals surface area contributed by atoms with Crippen molar-refractivity contribution in [1.82, 2.24) is 9.55 Å². The van der Waals surface area contributed by atoms with Crippen molar-refractivity contribution in [2.24, 2.45) is 0 Å². The monoisotopic (exact) mass is 391 g/mol. The number of nitrogens with two attached hydrogens (primary N) is 1. The Morgan fingerprint density at radius 2 is 2.11 bits per heavy atom. The summed E-state index contributed by atoms with van der Waals surface area (Å²) >= 11 is 1.05. The molecule has 4 N–H and O–H groups in total. The van der Waals surface area contributed by atoms with Crippen LogP contribution in [-0.2, 0) is 11.3 Å². The number of aromatic amines is 1. The minimum absolute atomic E-state index is 0.0742. The van der Waals surface area contributed by atoms with E-state index in [9.17, 15) is 14.4 Å². The fraction of sp³-hybridized carbons (Fsp3) is 0.353. The largest absolute Gasteiger partial charge is 0.461 e. The normalized spacial score (nSPS) is 15.4. The molecular weight excluding hydrogens is 372 g/mol. The molecule has 9 nitrogen and oxygen atoms in total. The van der Waals surface area contributed by atoms with Crippen LogP contribution in [0.2, 0.25) is 0 Å². The molecule has 1 aliphatic rings. The van der Waals surface area contributed by atoms with E-state index in [4.69, 9.17) is 14.9 Å². The van der Waals surface area contributed by atoms with Gasteiger partial charge in [-0.1, -0.05) is 0 Å². The fourth-order valence-electron chi connectivity index (χ4n) is 3.23. The molecule has 4 heterocycles. The predicted molar refractivity (Wildman–Crippen MR) is 99.6 cm³/mol. The highest BCUT2D eigenvalue weighted by Gasteiger charge is 2.24. The van der Waals surface area contributed by atoms with Crippen molar-refractivity contribution in [3.05, 3.63) is 49.9 Å². The molecule has 1 saturated heterocycles. The molecule has 0 amide bonds. The van der Waals surface area contributed by atoms with E-state index in [0.29, 0.717) is 31.1 Å². The van der Waals surface area contributed by atoms with Gasteiger partial charge in [0, 0.05) is 0 Å². The van der Waals surface area contributed by atoms with Gasteiger partial charge in [-0.05, 0) is 12.1 Å². The number of quaternary nitrogens is 1. The van der Waals surface area contributed by atoms with Crippen LogP contribution in [0, 0.1) is 0 Å². The highest BCUT2D eigenvalue weighted by atomic mass is 32.1. The lowest BCUT2D eigenvalue weighted by atomic mass is 10.2. The molecule has 0 aromatic carbocycles. The van der Waals surface area contributed by atoms with E-state index in [2.05, 4.69) is 4.98 Å². The van der Waals surface area contributed by atoms with Crippen molar-refractivity contribution in [1.29, 1.82) is 0 Å². The fourth-order valence-corrected chi connectivity index (χ4v) is 4.42. The van der Waals surface area contributed by atoms with Gasteiger partial charge in [-0.3, -0.25) is 19.1 Å². The average molecular weight is 391 g/mol. The summed E-state index contributed by atoms with van der Waals surface area (Å²) < 4.78 is 12.0. The lowest BCUT2D eigenvalue weighted by Gasteiger charge is -2.23. The maximum atomic E-state index is 12.6. The van der Waals surface area contributed by atoms with Crippen LogP contribution in [0.3, 0.4) is 0 Å². The van der Waals surface area contributed by atoms with Gasteiger partial charge in [-0.25, -0.2) is 4.79 Å². The summed E-state index contributed by atoms with van der Waals surface area (Å²) in [6, 6.07) is 3.13. The molecule has 3 aromatic rings. The Balaban J connectivity index is 1.75. The SMILES string of the molecule is Nc1c(C(=O)c2ccco2)sc2c1c(=O)[nH]c(=O)n2CC[NH+]1CCOCC1. The Bertz CT molecular complexity index is 1090. The molecule has 1 aliphatic heterocycles. The zero-order valence-corrected chi connectivity index (χ0v) is 15.3. The van der Waals surface area contributed by atoms with Gasteiger partial charge in [0.2, 0.25) is 5.78 Å². The zero-order chi connectivity index (χ0) is 19.0. The number of rotatable bonds is 5. The smallest absolute Gasteiger partial charge is 0.329 e. The first-order valence-electron chi connectivity index (χ1n) is 8.61. The van der Waals surface area contributed by atoms with Gasteiger partial charge in [0.25, 0.3) is 5.56 Å². The molecule has 0 bridgehead atoms. The van der Waals surface area contributed by atoms with Gasteiger partial charge >= 0.3 is 5.69 Å². The summed E-state index contributed by atoms with van der Waals surface area (Å²) in [5.74, 6) is -0.271. The zero-order valence-electron chi connectivity index (χ0n) is 14.4. The van der Waals surface area contributed by atoms with Gasteiger partial charge in [-0.15, -0.1) is 11.3 Å². The van der Waals surface area contributed by atoms with Crippen LogP contribution in [0.15, 0.2) is 32.4 Å². The summed E-state index contributed by atoms with van der Waals surface area (Å²) in [6.07, 6.45) is 1.39. The number of nitrogen functional groups attached to an aromatic ring is 1. The number of hydrogen-bond acceptors (Lipinski definition) is 7. The minimum Gasteiger partial charge on any atom is -0.461 e. The van der Waals surface area contributed by atoms with Gasteiger partial charge in [0.15, 0.2) is 5.76 Å². The lowest BCUT2D eigenvalue weighted by Crippen LogP contribution is -3.14. The summed E-state index contributed by atoms with van der Waals surface area (Å²) in [5, 5.41) is 0.173. The van der Waals surface area contributed by atoms with E-state index in [1.165, 1.54) is 21.8 Å². The molecule has 27 heavy (non-hydrogen) atoms. The van der Waals surface area contributed by atoms with Crippen LogP contribution in [-0.4, -0.2) is 48.2 Å². The topological polar surface area (TPSA) is 125 Å². The first-order valence-corrected chi connectivity index (χ1v) is 9.42. The second-order valence-corrected chi connectivity index (χ2v) is 7.35. The number of nitrogens with zero attached hydrogens (tertiary/aromatic N) is 1. The molecule has 3 aromatic heterocycles. The first-order chi connectivity index (χ1) is 13.1. The number of ketones is 1. The molecule has 142 valence electrons. The van der Waals surface area contributed by atoms with Crippen LogP contribution in [0.4, 0.5) is 5.69 Å². The Hall–Kier alpha value is -2.69. The number of fused-ring (bicyclic) bond motifs is 1. The van der Waals surface area contributed by atoms with Gasteiger partial charge in [0.05, 0.1) is 43.6 Å². The Kier molecular flexibility index (Phi) is 4.68. The van der Waals surface area contributed by atoms with Crippen molar-refractivity contribution in [3.63, 3.8) is 0 Å². The number of anilines is 1. The van der Waals surface area contributed by atoms with E-state index in [1.54, 1.807) is 6.07 Å². The standard InChI is InChI=1S/C17H18N4O5S/c18-12-11-15(23)19-17(24)21(4-3-20-5-8-25-9-6-20)16(11)27-14(12)13(22)10-2-1-7-26-10/h1-2,7H,3-6,8-9,18H2,(H,19,23,24)/p+1. The number of thiophene rings is 1. The van der Waals surface area contributed by atoms with Crippen molar-refractivity contribution in [2.75, 3.05) is 38.6 Å². The number of carbonyl (C=O) groups excluding carboxylic acids is 1. The van der Waals surface area contributed by atoms with Gasteiger partial charge in [0.1, 0.15) is 22.8 Å². The molecule has 0 saturated carbocycles. The molecule has 0 spiro atoms. The first kappa shape index (κ1) is 17.7. The Labute approximate surface area is 157 Å². The summed E-state index contributed by atoms with van der Waals surface area (Å²) in [7, 11) is 0. The maximum Gasteiger partial charge on any atom is 0.329 e. The van der Waals surface area contributed by atoms with E-state index in [1.807, 2.05) is 0 Å². The third-order valence-electron chi connectivity index (χ3n) is 4.70. The van der Waals surface area contributed by atoms with Crippen molar-refractivity contribution >= 4 is 33.0 Å². The quantitative estimate of drug-likeness (QED) is 0.483. The number of nitrogens with one attached hydrogen (secondary N) is 2. The Morgan fingerprint density at radius 3 is 2.81 bits per heavy atom. The Morgan fingerprint density at radius 1 is 1.33 bits per heavy atom. The molecule has 0 atom stereocenters.